The number of aromatic nitrogens is 12. The van der Waals surface area contributed by atoms with Crippen molar-refractivity contribution in [2.75, 3.05) is 0 Å². The van der Waals surface area contributed by atoms with E-state index in [9.17, 15) is 0 Å². The summed E-state index contributed by atoms with van der Waals surface area (Å²) >= 11 is 28.8. The van der Waals surface area contributed by atoms with Gasteiger partial charge in [-0.05, 0) is 33.4 Å². The van der Waals surface area contributed by atoms with Gasteiger partial charge in [-0.1, -0.05) is 182 Å². The minimum Gasteiger partial charge on any atom is -0.740 e. The minimum absolute atomic E-state index is 0. The van der Waals surface area contributed by atoms with Gasteiger partial charge in [-0.3, -0.25) is 59.8 Å². The smallest absolute Gasteiger partial charge is 0.740 e. The van der Waals surface area contributed by atoms with Crippen molar-refractivity contribution in [2.24, 2.45) is 0 Å². The molecule has 0 unspecified atom stereocenters. The minimum atomic E-state index is 0. The molecular weight excluding hydrogens is 1540 g/mol. The van der Waals surface area contributed by atoms with E-state index in [0.29, 0.717) is 30.9 Å². The summed E-state index contributed by atoms with van der Waals surface area (Å²) in [7, 11) is 0. The second-order valence-corrected chi connectivity index (χ2v) is 18.4. The summed E-state index contributed by atoms with van der Waals surface area (Å²) in [5.41, 5.74) is 12.6. The van der Waals surface area contributed by atoms with Gasteiger partial charge < -0.3 is 75.8 Å². The second kappa shape index (κ2) is 50.9. The molecule has 0 fully saturated rings. The molecule has 6 heterocycles. The molecule has 0 spiro atoms. The van der Waals surface area contributed by atoms with Gasteiger partial charge in [0.15, 0.2) is 0 Å². The normalized spacial score (nSPS) is 8.71. The van der Waals surface area contributed by atoms with Gasteiger partial charge in [0.25, 0.3) is 0 Å². The number of nitrogens with zero attached hydrogens (tertiary/aromatic N) is 14. The molecule has 0 saturated heterocycles. The Morgan fingerprint density at radius 2 is 0.289 bits per heavy atom. The maximum absolute atomic E-state index is 7.32. The third-order valence-electron chi connectivity index (χ3n) is 10.4. The van der Waals surface area contributed by atoms with Crippen molar-refractivity contribution < 1.29 is 102 Å². The fourth-order valence-electron chi connectivity index (χ4n) is 6.58. The molecule has 0 aliphatic carbocycles. The number of benzene rings is 6. The fourth-order valence-corrected chi connectivity index (χ4v) is 7.21. The average molecular weight is 1590 g/mol. The van der Waals surface area contributed by atoms with Crippen LogP contribution in [0, 0.1) is 22.7 Å². The maximum Gasteiger partial charge on any atom is 1.00 e. The van der Waals surface area contributed by atoms with Gasteiger partial charge in [0, 0.05) is 153 Å². The van der Waals surface area contributed by atoms with Crippen LogP contribution in [0.1, 0.15) is 13.8 Å². The quantitative estimate of drug-likeness (QED) is 0.0863. The third kappa shape index (κ3) is 33.3. The zero-order chi connectivity index (χ0) is 60.0. The number of hydrogen-bond donors (Lipinski definition) is 0. The van der Waals surface area contributed by atoms with E-state index in [2.05, 4.69) is 59.8 Å². The summed E-state index contributed by atoms with van der Waals surface area (Å²) in [6.45, 7) is 2.86. The first-order valence-electron chi connectivity index (χ1n) is 24.9. The van der Waals surface area contributed by atoms with Crippen molar-refractivity contribution in [1.29, 1.82) is 10.5 Å². The van der Waals surface area contributed by atoms with Crippen LogP contribution in [0.4, 0.5) is 0 Å². The van der Waals surface area contributed by atoms with Gasteiger partial charge in [0.05, 0.1) is 12.1 Å². The van der Waals surface area contributed by atoms with Crippen molar-refractivity contribution in [1.82, 2.24) is 59.8 Å². The largest absolute Gasteiger partial charge is 1.00 e. The molecule has 0 aliphatic rings. The maximum atomic E-state index is 7.32. The fraction of sp³-hybridized carbons (Fsp3) is 0.0312. The molecule has 0 N–H and O–H groups in total. The second-order valence-electron chi connectivity index (χ2n) is 16.2. The molecule has 26 heteroatoms. The molecule has 0 amide bonds. The van der Waals surface area contributed by atoms with Crippen molar-refractivity contribution in [3.63, 3.8) is 0 Å². The molecule has 14 nitrogen and oxygen atoms in total. The Balaban J connectivity index is 0. The Kier molecular flexibility index (Phi) is 48.2. The monoisotopic (exact) mass is 1580 g/mol. The summed E-state index contributed by atoms with van der Waals surface area (Å²) in [6, 6.07) is 63.4. The summed E-state index contributed by atoms with van der Waals surface area (Å²) in [5, 5.41) is 17.0. The van der Waals surface area contributed by atoms with E-state index in [4.69, 9.17) is 86.3 Å². The first-order chi connectivity index (χ1) is 41.0. The number of rotatable bonds is 6. The van der Waals surface area contributed by atoms with E-state index in [-0.39, 0.29) is 102 Å². The van der Waals surface area contributed by atoms with Crippen LogP contribution >= 0.6 is 0 Å². The van der Waals surface area contributed by atoms with Gasteiger partial charge in [0.2, 0.25) is 0 Å². The molecule has 0 aliphatic heterocycles. The van der Waals surface area contributed by atoms with Gasteiger partial charge >= 0.3 is 102 Å². The first-order valence-corrected chi connectivity index (χ1v) is 27.3. The molecule has 6 aromatic carbocycles. The van der Waals surface area contributed by atoms with Crippen LogP contribution in [-0.2, 0) is 178 Å². The van der Waals surface area contributed by atoms with Crippen LogP contribution in [0.15, 0.2) is 287 Å². The average Bonchev–Trinajstić information content (AvgIpc) is 3.76. The third-order valence-corrected chi connectivity index (χ3v) is 11.7. The first kappa shape index (κ1) is 85.3. The standard InChI is InChI=1S/6C10H8N2S.2C2H3N.6Cu/c6*13-10-11-6-9(7-12-10)8-4-2-1-3-5-8;2*1-2-3;;;;;;/h6*1-7H,(H,11,12,13);2*1H3;;;;;;/q;;;;;;;;6*+1/p-6. The Morgan fingerprint density at radius 1 is 0.200 bits per heavy atom. The van der Waals surface area contributed by atoms with E-state index in [0.717, 1.165) is 66.8 Å². The van der Waals surface area contributed by atoms with Gasteiger partial charge in [-0.2, -0.15) is 10.5 Å². The van der Waals surface area contributed by atoms with E-state index in [1.54, 1.807) is 86.5 Å². The van der Waals surface area contributed by atoms with Crippen molar-refractivity contribution in [2.45, 2.75) is 44.8 Å². The molecule has 0 atom stereocenters. The Morgan fingerprint density at radius 3 is 0.378 bits per heavy atom. The van der Waals surface area contributed by atoms with Crippen molar-refractivity contribution in [3.05, 3.63) is 256 Å². The topological polar surface area (TPSA) is 202 Å². The summed E-state index contributed by atoms with van der Waals surface area (Å²) < 4.78 is 0. The Hall–Kier alpha value is -6.78. The molecular formula is C64H48Cu6N14S6. The molecule has 90 heavy (non-hydrogen) atoms. The Bertz CT molecular complexity index is 3160. The Labute approximate surface area is 621 Å². The molecule has 0 radical (unpaired) electrons. The van der Waals surface area contributed by atoms with E-state index in [1.807, 2.05) is 182 Å². The van der Waals surface area contributed by atoms with Crippen LogP contribution in [0.2, 0.25) is 0 Å². The van der Waals surface area contributed by atoms with Crippen LogP contribution in [0.5, 0.6) is 0 Å². The zero-order valence-electron chi connectivity index (χ0n) is 46.8. The predicted molar refractivity (Wildman–Crippen MR) is 341 cm³/mol. The predicted octanol–water partition coefficient (Wildman–Crippen LogP) is 13.3. The van der Waals surface area contributed by atoms with E-state index < -0.39 is 0 Å². The molecule has 6 aromatic heterocycles. The SMILES string of the molecule is CC#N.CC#N.[Cu+].[Cu+].[Cu+].[Cu+].[Cu+].[Cu+].[S-]c1ncc(-c2ccccc2)cn1.[S-]c1ncc(-c2ccccc2)cn1.[S-]c1ncc(-c2ccccc2)cn1.[S-]c1ncc(-c2ccccc2)cn1.[S-]c1ncc(-c2ccccc2)cn1.[S-]c1ncc(-c2ccccc2)cn1. The summed E-state index contributed by atoms with van der Waals surface area (Å²) in [5.74, 6) is 0. The molecule has 12 aromatic rings. The molecule has 12 rings (SSSR count). The van der Waals surface area contributed by atoms with Gasteiger partial charge in [-0.25, -0.2) is 0 Å². The zero-order valence-corrected chi connectivity index (χ0v) is 57.3. The van der Waals surface area contributed by atoms with Crippen LogP contribution in [-0.4, -0.2) is 59.8 Å². The van der Waals surface area contributed by atoms with Gasteiger partial charge in [-0.15, -0.1) is 0 Å². The van der Waals surface area contributed by atoms with Gasteiger partial charge in [0.1, 0.15) is 0 Å². The molecule has 476 valence electrons. The molecule has 0 bridgehead atoms. The number of hydrogen-bond acceptors (Lipinski definition) is 20. The van der Waals surface area contributed by atoms with Crippen LogP contribution in [0.3, 0.4) is 0 Å². The summed E-state index contributed by atoms with van der Waals surface area (Å²) in [4.78, 5) is 47.5. The number of nitriles is 2. The van der Waals surface area contributed by atoms with E-state index in [1.165, 1.54) is 13.8 Å². The van der Waals surface area contributed by atoms with E-state index >= 15 is 0 Å². The van der Waals surface area contributed by atoms with Crippen LogP contribution < -0.4 is 0 Å². The summed E-state index contributed by atoms with van der Waals surface area (Å²) in [6.07, 6.45) is 20.9. The molecule has 0 saturated carbocycles. The van der Waals surface area contributed by atoms with Crippen LogP contribution in [0.25, 0.3) is 66.8 Å². The van der Waals surface area contributed by atoms with Crippen molar-refractivity contribution in [3.8, 4) is 78.9 Å². The van der Waals surface area contributed by atoms with Crippen molar-refractivity contribution >= 4 is 75.8 Å².